The second-order valence-electron chi connectivity index (χ2n) is 11.0. The van der Waals surface area contributed by atoms with Gasteiger partial charge in [0.15, 0.2) is 0 Å². The molecule has 0 amide bonds. The summed E-state index contributed by atoms with van der Waals surface area (Å²) in [6.07, 6.45) is 5.17. The molecule has 0 saturated carbocycles. The Bertz CT molecular complexity index is 956. The van der Waals surface area contributed by atoms with Crippen molar-refractivity contribution in [3.05, 3.63) is 120 Å². The Morgan fingerprint density at radius 1 is 0.649 bits per heavy atom. The molecule has 3 heteroatoms. The summed E-state index contributed by atoms with van der Waals surface area (Å²) < 4.78 is 14.5. The van der Waals surface area contributed by atoms with Crippen molar-refractivity contribution in [3.63, 3.8) is 0 Å². The van der Waals surface area contributed by atoms with E-state index in [1.807, 2.05) is 0 Å². The molecule has 37 heavy (non-hydrogen) atoms. The molecule has 0 aromatic heterocycles. The SMILES string of the molecule is CC=CC[C@@H](COC(c1ccccc1)(c1ccccc1)c1ccccc1)O[Si](C(C)C)(C(C)C)C(C)C. The molecule has 0 heterocycles. The Morgan fingerprint density at radius 3 is 1.35 bits per heavy atom. The highest BCUT2D eigenvalue weighted by Gasteiger charge is 2.47. The van der Waals surface area contributed by atoms with Gasteiger partial charge in [0.1, 0.15) is 5.60 Å². The fourth-order valence-electron chi connectivity index (χ4n) is 6.12. The summed E-state index contributed by atoms with van der Waals surface area (Å²) in [6.45, 7) is 16.7. The summed E-state index contributed by atoms with van der Waals surface area (Å²) >= 11 is 0. The van der Waals surface area contributed by atoms with Crippen LogP contribution in [0.15, 0.2) is 103 Å². The quantitative estimate of drug-likeness (QED) is 0.128. The van der Waals surface area contributed by atoms with Crippen molar-refractivity contribution in [2.75, 3.05) is 6.61 Å². The Balaban J connectivity index is 2.11. The van der Waals surface area contributed by atoms with Crippen molar-refractivity contribution < 1.29 is 9.16 Å². The van der Waals surface area contributed by atoms with E-state index < -0.39 is 13.9 Å². The van der Waals surface area contributed by atoms with Gasteiger partial charge >= 0.3 is 0 Å². The summed E-state index contributed by atoms with van der Waals surface area (Å²) in [6, 6.07) is 31.9. The van der Waals surface area contributed by atoms with Gasteiger partial charge in [-0.1, -0.05) is 145 Å². The molecule has 0 radical (unpaired) electrons. The molecular formula is C34H46O2Si. The Labute approximate surface area is 226 Å². The van der Waals surface area contributed by atoms with Crippen LogP contribution in [0.2, 0.25) is 16.6 Å². The third-order valence-corrected chi connectivity index (χ3v) is 13.9. The molecule has 2 nitrogen and oxygen atoms in total. The fraction of sp³-hybridized carbons (Fsp3) is 0.412. The second-order valence-corrected chi connectivity index (χ2v) is 16.4. The van der Waals surface area contributed by atoms with Gasteiger partial charge in [0.2, 0.25) is 8.32 Å². The van der Waals surface area contributed by atoms with Gasteiger partial charge in [-0.25, -0.2) is 0 Å². The van der Waals surface area contributed by atoms with Crippen LogP contribution in [-0.4, -0.2) is 21.0 Å². The van der Waals surface area contributed by atoms with Crippen LogP contribution in [0.25, 0.3) is 0 Å². The van der Waals surface area contributed by atoms with Crippen molar-refractivity contribution >= 4 is 8.32 Å². The molecule has 3 rings (SSSR count). The molecule has 0 aliphatic rings. The normalized spacial score (nSPS) is 13.7. The molecule has 0 spiro atoms. The summed E-state index contributed by atoms with van der Waals surface area (Å²) in [7, 11) is -2.09. The van der Waals surface area contributed by atoms with Crippen LogP contribution in [-0.2, 0) is 14.8 Å². The minimum Gasteiger partial charge on any atom is -0.410 e. The van der Waals surface area contributed by atoms with E-state index in [9.17, 15) is 0 Å². The van der Waals surface area contributed by atoms with Gasteiger partial charge in [0.25, 0.3) is 0 Å². The molecule has 3 aromatic carbocycles. The Hall–Kier alpha value is -2.46. The molecule has 0 bridgehead atoms. The maximum absolute atomic E-state index is 7.29. The summed E-state index contributed by atoms with van der Waals surface area (Å²) in [5.41, 5.74) is 4.18. The number of hydrogen-bond acceptors (Lipinski definition) is 2. The first-order valence-corrected chi connectivity index (χ1v) is 16.0. The number of allylic oxidation sites excluding steroid dienone is 1. The van der Waals surface area contributed by atoms with Crippen LogP contribution in [0.3, 0.4) is 0 Å². The topological polar surface area (TPSA) is 18.5 Å². The molecule has 0 N–H and O–H groups in total. The minimum atomic E-state index is -2.09. The average molecular weight is 515 g/mol. The number of rotatable bonds is 13. The lowest BCUT2D eigenvalue weighted by molar-refractivity contribution is -0.0339. The highest BCUT2D eigenvalue weighted by Crippen LogP contribution is 2.45. The van der Waals surface area contributed by atoms with Gasteiger partial charge in [-0.2, -0.15) is 0 Å². The molecule has 3 aromatic rings. The largest absolute Gasteiger partial charge is 0.410 e. The number of hydrogen-bond donors (Lipinski definition) is 0. The van der Waals surface area contributed by atoms with Crippen LogP contribution in [0, 0.1) is 0 Å². The third kappa shape index (κ3) is 6.34. The maximum Gasteiger partial charge on any atom is 0.200 e. The molecule has 1 atom stereocenters. The zero-order chi connectivity index (χ0) is 26.9. The predicted molar refractivity (Wildman–Crippen MR) is 161 cm³/mol. The lowest BCUT2D eigenvalue weighted by Gasteiger charge is -2.45. The summed E-state index contributed by atoms with van der Waals surface area (Å²) in [5.74, 6) is 0. The first-order valence-electron chi connectivity index (χ1n) is 13.9. The third-order valence-electron chi connectivity index (χ3n) is 7.74. The molecule has 0 aliphatic carbocycles. The van der Waals surface area contributed by atoms with Crippen molar-refractivity contribution in [1.82, 2.24) is 0 Å². The van der Waals surface area contributed by atoms with Gasteiger partial charge in [-0.05, 0) is 46.7 Å². The van der Waals surface area contributed by atoms with E-state index in [0.29, 0.717) is 23.2 Å². The van der Waals surface area contributed by atoms with Crippen molar-refractivity contribution in [2.45, 2.75) is 83.2 Å². The average Bonchev–Trinajstić information content (AvgIpc) is 2.91. The minimum absolute atomic E-state index is 0.0226. The highest BCUT2D eigenvalue weighted by molar-refractivity contribution is 6.77. The van der Waals surface area contributed by atoms with Crippen LogP contribution in [0.5, 0.6) is 0 Å². The van der Waals surface area contributed by atoms with E-state index in [4.69, 9.17) is 9.16 Å². The van der Waals surface area contributed by atoms with Gasteiger partial charge in [-0.15, -0.1) is 0 Å². The highest BCUT2D eigenvalue weighted by atomic mass is 28.4. The predicted octanol–water partition coefficient (Wildman–Crippen LogP) is 9.52. The lowest BCUT2D eigenvalue weighted by Crippen LogP contribution is -2.51. The van der Waals surface area contributed by atoms with E-state index in [1.165, 1.54) is 0 Å². The Morgan fingerprint density at radius 2 is 1.03 bits per heavy atom. The summed E-state index contributed by atoms with van der Waals surface area (Å²) in [5, 5.41) is 0. The van der Waals surface area contributed by atoms with Gasteiger partial charge < -0.3 is 9.16 Å². The molecule has 0 unspecified atom stereocenters. The molecule has 0 saturated heterocycles. The zero-order valence-corrected chi connectivity index (χ0v) is 24.9. The van der Waals surface area contributed by atoms with E-state index in [2.05, 4.69) is 152 Å². The van der Waals surface area contributed by atoms with Gasteiger partial charge in [0.05, 0.1) is 12.7 Å². The smallest absolute Gasteiger partial charge is 0.200 e. The standard InChI is InChI=1S/C34H46O2Si/c1-8-9-25-33(36-37(27(2)3,28(4)5)29(6)7)26-35-34(30-19-13-10-14-20-30,31-21-15-11-16-22-31)32-23-17-12-18-24-32/h8-24,27-29,33H,25-26H2,1-7H3/t33-/m0/s1. The van der Waals surface area contributed by atoms with Crippen molar-refractivity contribution in [1.29, 1.82) is 0 Å². The van der Waals surface area contributed by atoms with E-state index >= 15 is 0 Å². The molecular weight excluding hydrogens is 468 g/mol. The molecule has 0 fully saturated rings. The van der Waals surface area contributed by atoms with E-state index in [0.717, 1.165) is 23.1 Å². The number of benzene rings is 3. The van der Waals surface area contributed by atoms with Crippen molar-refractivity contribution in [3.8, 4) is 0 Å². The first kappa shape index (κ1) is 29.1. The van der Waals surface area contributed by atoms with Crippen LogP contribution >= 0.6 is 0 Å². The fourth-order valence-corrected chi connectivity index (χ4v) is 11.7. The van der Waals surface area contributed by atoms with Crippen LogP contribution in [0.4, 0.5) is 0 Å². The summed E-state index contributed by atoms with van der Waals surface area (Å²) in [4.78, 5) is 0. The lowest BCUT2D eigenvalue weighted by atomic mass is 9.80. The van der Waals surface area contributed by atoms with Crippen LogP contribution in [0.1, 0.15) is 71.6 Å². The number of ether oxygens (including phenoxy) is 1. The van der Waals surface area contributed by atoms with E-state index in [1.54, 1.807) is 0 Å². The van der Waals surface area contributed by atoms with Crippen molar-refractivity contribution in [2.24, 2.45) is 0 Å². The monoisotopic (exact) mass is 514 g/mol. The van der Waals surface area contributed by atoms with E-state index in [-0.39, 0.29) is 6.10 Å². The van der Waals surface area contributed by atoms with Crippen LogP contribution < -0.4 is 0 Å². The van der Waals surface area contributed by atoms with Gasteiger partial charge in [-0.3, -0.25) is 0 Å². The second kappa shape index (κ2) is 13.4. The zero-order valence-electron chi connectivity index (χ0n) is 23.9. The maximum atomic E-state index is 7.29. The molecule has 0 aliphatic heterocycles. The first-order chi connectivity index (χ1) is 17.8. The van der Waals surface area contributed by atoms with Gasteiger partial charge in [0, 0.05) is 0 Å². The Kier molecular flexibility index (Phi) is 10.5. The molecule has 198 valence electrons.